The molecule has 0 bridgehead atoms. The van der Waals surface area contributed by atoms with Crippen molar-refractivity contribution in [2.45, 2.75) is 26.7 Å². The molecule has 3 N–H and O–H groups in total. The molecule has 0 saturated carbocycles. The summed E-state index contributed by atoms with van der Waals surface area (Å²) in [5, 5.41) is 10.7. The van der Waals surface area contributed by atoms with Gasteiger partial charge in [-0.15, -0.1) is 10.2 Å². The molecule has 18 heavy (non-hydrogen) atoms. The van der Waals surface area contributed by atoms with Crippen molar-refractivity contribution in [1.29, 1.82) is 0 Å². The molecule has 1 rings (SSSR count). The summed E-state index contributed by atoms with van der Waals surface area (Å²) in [5.74, 6) is 1.28. The molecule has 0 fully saturated rings. The second-order valence-electron chi connectivity index (χ2n) is 4.96. The van der Waals surface area contributed by atoms with Crippen LogP contribution in [0.3, 0.4) is 0 Å². The minimum Gasteiger partial charge on any atom is -0.355 e. The third-order valence-corrected chi connectivity index (χ3v) is 2.86. The molecule has 0 aliphatic heterocycles. The minimum atomic E-state index is -0.0931. The maximum atomic E-state index is 11.9. The van der Waals surface area contributed by atoms with Gasteiger partial charge in [-0.1, -0.05) is 13.8 Å². The second kappa shape index (κ2) is 7.10. The first-order chi connectivity index (χ1) is 8.54. The van der Waals surface area contributed by atoms with E-state index in [1.54, 1.807) is 6.33 Å². The predicted molar refractivity (Wildman–Crippen MR) is 69.7 cm³/mol. The monoisotopic (exact) mass is 253 g/mol. The number of amides is 1. The van der Waals surface area contributed by atoms with Gasteiger partial charge < -0.3 is 15.6 Å². The Morgan fingerprint density at radius 3 is 2.78 bits per heavy atom. The van der Waals surface area contributed by atoms with Crippen LogP contribution in [0.25, 0.3) is 0 Å². The van der Waals surface area contributed by atoms with Gasteiger partial charge in [-0.2, -0.15) is 0 Å². The van der Waals surface area contributed by atoms with Crippen molar-refractivity contribution in [2.24, 2.45) is 24.6 Å². The molecule has 1 heterocycles. The molecule has 1 aromatic heterocycles. The van der Waals surface area contributed by atoms with Crippen LogP contribution in [0.4, 0.5) is 0 Å². The number of nitrogens with one attached hydrogen (secondary N) is 1. The van der Waals surface area contributed by atoms with E-state index < -0.39 is 0 Å². The van der Waals surface area contributed by atoms with Crippen LogP contribution >= 0.6 is 0 Å². The number of nitrogens with zero attached hydrogens (tertiary/aromatic N) is 3. The van der Waals surface area contributed by atoms with Crippen molar-refractivity contribution in [2.75, 3.05) is 13.1 Å². The molecule has 1 amide bonds. The summed E-state index contributed by atoms with van der Waals surface area (Å²) in [6.45, 7) is 5.15. The summed E-state index contributed by atoms with van der Waals surface area (Å²) < 4.78 is 1.85. The molecule has 0 aliphatic carbocycles. The first-order valence-corrected chi connectivity index (χ1v) is 6.35. The number of aryl methyl sites for hydroxylation is 1. The lowest BCUT2D eigenvalue weighted by Gasteiger charge is -2.16. The van der Waals surface area contributed by atoms with E-state index in [1.807, 2.05) is 11.6 Å². The van der Waals surface area contributed by atoms with E-state index in [9.17, 15) is 4.79 Å². The maximum absolute atomic E-state index is 11.9. The van der Waals surface area contributed by atoms with Crippen molar-refractivity contribution >= 4 is 5.91 Å². The molecule has 102 valence electrons. The zero-order chi connectivity index (χ0) is 13.5. The number of aromatic nitrogens is 3. The third-order valence-electron chi connectivity index (χ3n) is 2.86. The largest absolute Gasteiger partial charge is 0.355 e. The van der Waals surface area contributed by atoms with E-state index in [2.05, 4.69) is 29.4 Å². The maximum Gasteiger partial charge on any atom is 0.224 e. The van der Waals surface area contributed by atoms with Gasteiger partial charge in [0.1, 0.15) is 12.2 Å². The first-order valence-electron chi connectivity index (χ1n) is 6.35. The lowest BCUT2D eigenvalue weighted by molar-refractivity contribution is -0.125. The molecule has 1 atom stereocenters. The van der Waals surface area contributed by atoms with Gasteiger partial charge in [0.15, 0.2) is 0 Å². The molecular formula is C12H23N5O. The summed E-state index contributed by atoms with van der Waals surface area (Å²) in [4.78, 5) is 11.9. The highest BCUT2D eigenvalue weighted by molar-refractivity contribution is 5.78. The quantitative estimate of drug-likeness (QED) is 0.721. The molecule has 6 nitrogen and oxygen atoms in total. The standard InChI is InChI=1S/C12H23N5O/c1-9(2)6-10(7-13)12(18)14-5-4-11-16-15-8-17(11)3/h8-10H,4-7,13H2,1-3H3,(H,14,18). The van der Waals surface area contributed by atoms with Gasteiger partial charge in [-0.05, 0) is 12.3 Å². The van der Waals surface area contributed by atoms with Crippen molar-refractivity contribution in [3.8, 4) is 0 Å². The van der Waals surface area contributed by atoms with Gasteiger partial charge >= 0.3 is 0 Å². The van der Waals surface area contributed by atoms with E-state index in [4.69, 9.17) is 5.73 Å². The highest BCUT2D eigenvalue weighted by atomic mass is 16.1. The lowest BCUT2D eigenvalue weighted by atomic mass is 9.96. The van der Waals surface area contributed by atoms with Crippen LogP contribution in [-0.2, 0) is 18.3 Å². The predicted octanol–water partition coefficient (Wildman–Crippen LogP) is 0.0948. The second-order valence-corrected chi connectivity index (χ2v) is 4.96. The summed E-state index contributed by atoms with van der Waals surface area (Å²) in [6.07, 6.45) is 3.16. The zero-order valence-corrected chi connectivity index (χ0v) is 11.4. The summed E-state index contributed by atoms with van der Waals surface area (Å²) in [7, 11) is 1.89. The Labute approximate surface area is 108 Å². The Kier molecular flexibility index (Phi) is 5.77. The lowest BCUT2D eigenvalue weighted by Crippen LogP contribution is -2.37. The molecule has 0 radical (unpaired) electrons. The third kappa shape index (κ3) is 4.44. The average molecular weight is 253 g/mol. The van der Waals surface area contributed by atoms with Crippen LogP contribution < -0.4 is 11.1 Å². The Balaban J connectivity index is 2.34. The smallest absolute Gasteiger partial charge is 0.224 e. The van der Waals surface area contributed by atoms with Gasteiger partial charge in [-0.3, -0.25) is 4.79 Å². The molecule has 6 heteroatoms. The molecule has 0 aliphatic rings. The zero-order valence-electron chi connectivity index (χ0n) is 11.4. The Bertz CT molecular complexity index is 374. The Morgan fingerprint density at radius 1 is 1.56 bits per heavy atom. The molecule has 0 saturated heterocycles. The molecule has 1 unspecified atom stereocenters. The van der Waals surface area contributed by atoms with E-state index in [-0.39, 0.29) is 11.8 Å². The number of carbonyl (C=O) groups excluding carboxylic acids is 1. The van der Waals surface area contributed by atoms with Crippen LogP contribution in [-0.4, -0.2) is 33.8 Å². The van der Waals surface area contributed by atoms with Crippen molar-refractivity contribution < 1.29 is 4.79 Å². The number of nitrogens with two attached hydrogens (primary N) is 1. The summed E-state index contributed by atoms with van der Waals surface area (Å²) >= 11 is 0. The fourth-order valence-corrected chi connectivity index (χ4v) is 1.85. The van der Waals surface area contributed by atoms with Gasteiger partial charge in [-0.25, -0.2) is 0 Å². The van der Waals surface area contributed by atoms with Crippen molar-refractivity contribution in [1.82, 2.24) is 20.1 Å². The highest BCUT2D eigenvalue weighted by Crippen LogP contribution is 2.10. The normalized spacial score (nSPS) is 12.7. The van der Waals surface area contributed by atoms with Gasteiger partial charge in [0.05, 0.1) is 5.92 Å². The van der Waals surface area contributed by atoms with E-state index >= 15 is 0 Å². The van der Waals surface area contributed by atoms with E-state index in [0.29, 0.717) is 25.4 Å². The highest BCUT2D eigenvalue weighted by Gasteiger charge is 2.17. The van der Waals surface area contributed by atoms with Gasteiger partial charge in [0.25, 0.3) is 0 Å². The van der Waals surface area contributed by atoms with E-state index in [0.717, 1.165) is 12.2 Å². The topological polar surface area (TPSA) is 85.8 Å². The van der Waals surface area contributed by atoms with Crippen molar-refractivity contribution in [3.05, 3.63) is 12.2 Å². The van der Waals surface area contributed by atoms with E-state index in [1.165, 1.54) is 0 Å². The summed E-state index contributed by atoms with van der Waals surface area (Å²) in [5.41, 5.74) is 5.63. The minimum absolute atomic E-state index is 0.0355. The van der Waals surface area contributed by atoms with Crippen molar-refractivity contribution in [3.63, 3.8) is 0 Å². The number of carbonyl (C=O) groups is 1. The SMILES string of the molecule is CC(C)CC(CN)C(=O)NCCc1nncn1C. The molecular weight excluding hydrogens is 230 g/mol. The Hall–Kier alpha value is -1.43. The van der Waals surface area contributed by atoms with Gasteiger partial charge in [0.2, 0.25) is 5.91 Å². The summed E-state index contributed by atoms with van der Waals surface area (Å²) in [6, 6.07) is 0. The van der Waals surface area contributed by atoms with Crippen LogP contribution in [0.2, 0.25) is 0 Å². The molecule has 1 aromatic rings. The fraction of sp³-hybridized carbons (Fsp3) is 0.750. The fourth-order valence-electron chi connectivity index (χ4n) is 1.85. The van der Waals surface area contributed by atoms with Crippen LogP contribution in [0.5, 0.6) is 0 Å². The Morgan fingerprint density at radius 2 is 2.28 bits per heavy atom. The number of rotatable bonds is 7. The van der Waals surface area contributed by atoms with Crippen LogP contribution in [0.1, 0.15) is 26.1 Å². The number of hydrogen-bond donors (Lipinski definition) is 2. The number of hydrogen-bond acceptors (Lipinski definition) is 4. The molecule has 0 aromatic carbocycles. The van der Waals surface area contributed by atoms with Gasteiger partial charge in [0, 0.05) is 26.6 Å². The first kappa shape index (κ1) is 14.6. The average Bonchev–Trinajstić information content (AvgIpc) is 2.71. The van der Waals surface area contributed by atoms with Crippen LogP contribution in [0.15, 0.2) is 6.33 Å². The van der Waals surface area contributed by atoms with Crippen LogP contribution in [0, 0.1) is 11.8 Å². The molecule has 0 spiro atoms.